The van der Waals surface area contributed by atoms with Gasteiger partial charge in [-0.3, -0.25) is 0 Å². The highest BCUT2D eigenvalue weighted by atomic mass is 35.5. The topological polar surface area (TPSA) is 75.2 Å². The van der Waals surface area contributed by atoms with Gasteiger partial charge in [0.05, 0.1) is 37.3 Å². The monoisotopic (exact) mass is 408 g/mol. The van der Waals surface area contributed by atoms with Crippen LogP contribution in [0, 0.1) is 0 Å². The second-order valence-electron chi connectivity index (χ2n) is 6.67. The SMILES string of the molecule is COc1ccc([C@H]2Cn3cnc(-c4nc(-c5ccccc5Cl)no4)c3CO2)cc1. The molecule has 0 saturated heterocycles. The molecule has 0 bridgehead atoms. The summed E-state index contributed by atoms with van der Waals surface area (Å²) in [6, 6.07) is 15.3. The van der Waals surface area contributed by atoms with Gasteiger partial charge in [-0.2, -0.15) is 4.98 Å². The number of benzene rings is 2. The highest BCUT2D eigenvalue weighted by Gasteiger charge is 2.26. The van der Waals surface area contributed by atoms with Crippen LogP contribution < -0.4 is 4.74 Å². The first-order valence-electron chi connectivity index (χ1n) is 9.11. The maximum absolute atomic E-state index is 6.23. The first-order chi connectivity index (χ1) is 14.2. The molecular weight excluding hydrogens is 392 g/mol. The largest absolute Gasteiger partial charge is 0.497 e. The number of hydrogen-bond donors (Lipinski definition) is 0. The second kappa shape index (κ2) is 7.35. The molecule has 5 rings (SSSR count). The van der Waals surface area contributed by atoms with Crippen molar-refractivity contribution in [2.75, 3.05) is 7.11 Å². The van der Waals surface area contributed by atoms with Crippen LogP contribution in [0.15, 0.2) is 59.4 Å². The Bertz CT molecular complexity index is 1150. The summed E-state index contributed by atoms with van der Waals surface area (Å²) in [4.78, 5) is 8.97. The van der Waals surface area contributed by atoms with Gasteiger partial charge >= 0.3 is 0 Å². The average Bonchev–Trinajstić information content (AvgIpc) is 3.40. The zero-order valence-corrected chi connectivity index (χ0v) is 16.3. The summed E-state index contributed by atoms with van der Waals surface area (Å²) in [6.07, 6.45) is 1.72. The molecule has 0 fully saturated rings. The Morgan fingerprint density at radius 2 is 1.97 bits per heavy atom. The van der Waals surface area contributed by atoms with E-state index in [4.69, 9.17) is 25.6 Å². The van der Waals surface area contributed by atoms with E-state index >= 15 is 0 Å². The summed E-state index contributed by atoms with van der Waals surface area (Å²) in [7, 11) is 1.65. The number of rotatable bonds is 4. The number of ether oxygens (including phenoxy) is 2. The van der Waals surface area contributed by atoms with Crippen molar-refractivity contribution in [1.29, 1.82) is 0 Å². The van der Waals surface area contributed by atoms with E-state index in [9.17, 15) is 0 Å². The van der Waals surface area contributed by atoms with E-state index < -0.39 is 0 Å². The van der Waals surface area contributed by atoms with Crippen LogP contribution in [0.2, 0.25) is 5.02 Å². The molecule has 0 spiro atoms. The minimum atomic E-state index is -0.0585. The number of hydrogen-bond acceptors (Lipinski definition) is 6. The van der Waals surface area contributed by atoms with E-state index in [1.54, 1.807) is 19.5 Å². The van der Waals surface area contributed by atoms with Crippen molar-refractivity contribution in [2.45, 2.75) is 19.3 Å². The Kier molecular flexibility index (Phi) is 4.54. The standard InChI is InChI=1S/C21H17ClN4O3/c1-27-14-8-6-13(7-9-14)18-10-26-12-23-19(17(26)11-28-18)21-24-20(25-29-21)15-4-2-3-5-16(15)22/h2-9,12,18H,10-11H2,1H3/t18-/m1/s1. The number of fused-ring (bicyclic) bond motifs is 1. The minimum absolute atomic E-state index is 0.0585. The summed E-state index contributed by atoms with van der Waals surface area (Å²) >= 11 is 6.23. The first-order valence-corrected chi connectivity index (χ1v) is 9.49. The molecule has 4 aromatic rings. The van der Waals surface area contributed by atoms with Crippen LogP contribution in [0.25, 0.3) is 23.0 Å². The van der Waals surface area contributed by atoms with Crippen molar-refractivity contribution >= 4 is 11.6 Å². The molecule has 1 aliphatic heterocycles. The third-order valence-electron chi connectivity index (χ3n) is 4.96. The van der Waals surface area contributed by atoms with Crippen LogP contribution in [0.1, 0.15) is 17.4 Å². The average molecular weight is 409 g/mol. The third-order valence-corrected chi connectivity index (χ3v) is 5.29. The lowest BCUT2D eigenvalue weighted by Crippen LogP contribution is -2.20. The van der Waals surface area contributed by atoms with E-state index in [0.717, 1.165) is 17.0 Å². The van der Waals surface area contributed by atoms with Crippen LogP contribution >= 0.6 is 11.6 Å². The molecule has 0 unspecified atom stereocenters. The van der Waals surface area contributed by atoms with Crippen molar-refractivity contribution in [3.05, 3.63) is 71.1 Å². The van der Waals surface area contributed by atoms with E-state index in [0.29, 0.717) is 41.1 Å². The number of aromatic nitrogens is 4. The van der Waals surface area contributed by atoms with Crippen molar-refractivity contribution in [3.63, 3.8) is 0 Å². The Morgan fingerprint density at radius 1 is 1.14 bits per heavy atom. The van der Waals surface area contributed by atoms with E-state index in [1.165, 1.54) is 0 Å². The minimum Gasteiger partial charge on any atom is -0.497 e. The van der Waals surface area contributed by atoms with Crippen molar-refractivity contribution in [3.8, 4) is 28.7 Å². The fourth-order valence-corrected chi connectivity index (χ4v) is 3.62. The number of imidazole rings is 1. The number of nitrogens with zero attached hydrogens (tertiary/aromatic N) is 4. The summed E-state index contributed by atoms with van der Waals surface area (Å²) in [5, 5.41) is 4.63. The van der Waals surface area contributed by atoms with Gasteiger partial charge in [-0.1, -0.05) is 41.0 Å². The van der Waals surface area contributed by atoms with Gasteiger partial charge in [-0.25, -0.2) is 4.98 Å². The lowest BCUT2D eigenvalue weighted by Gasteiger charge is -2.25. The molecular formula is C21H17ClN4O3. The maximum atomic E-state index is 6.23. The molecule has 3 heterocycles. The number of methoxy groups -OCH3 is 1. The Morgan fingerprint density at radius 3 is 2.76 bits per heavy atom. The molecule has 1 aliphatic rings. The summed E-state index contributed by atoms with van der Waals surface area (Å²) in [5.41, 5.74) is 3.34. The quantitative estimate of drug-likeness (QED) is 0.493. The molecule has 1 atom stereocenters. The van der Waals surface area contributed by atoms with Gasteiger partial charge in [0, 0.05) is 5.56 Å². The van der Waals surface area contributed by atoms with Crippen molar-refractivity contribution in [2.24, 2.45) is 0 Å². The van der Waals surface area contributed by atoms with Crippen LogP contribution in [0.5, 0.6) is 5.75 Å². The number of halogens is 1. The van der Waals surface area contributed by atoms with E-state index in [2.05, 4.69) is 19.7 Å². The smallest absolute Gasteiger partial charge is 0.278 e. The van der Waals surface area contributed by atoms with Crippen LogP contribution in [0.3, 0.4) is 0 Å². The molecule has 0 saturated carbocycles. The predicted octanol–water partition coefficient (Wildman–Crippen LogP) is 4.53. The van der Waals surface area contributed by atoms with E-state index in [-0.39, 0.29) is 6.10 Å². The summed E-state index contributed by atoms with van der Waals surface area (Å²) in [6.45, 7) is 1.05. The van der Waals surface area contributed by atoms with Crippen LogP contribution in [-0.4, -0.2) is 26.8 Å². The van der Waals surface area contributed by atoms with E-state index in [1.807, 2.05) is 42.5 Å². The molecule has 7 nitrogen and oxygen atoms in total. The Labute approximate surface area is 171 Å². The van der Waals surface area contributed by atoms with Crippen molar-refractivity contribution in [1.82, 2.24) is 19.7 Å². The molecule has 0 amide bonds. The lowest BCUT2D eigenvalue weighted by atomic mass is 10.1. The molecule has 29 heavy (non-hydrogen) atoms. The zero-order valence-electron chi connectivity index (χ0n) is 15.6. The zero-order chi connectivity index (χ0) is 19.8. The third kappa shape index (κ3) is 3.28. The van der Waals surface area contributed by atoms with Crippen LogP contribution in [0.4, 0.5) is 0 Å². The summed E-state index contributed by atoms with van der Waals surface area (Å²) < 4.78 is 18.8. The van der Waals surface area contributed by atoms with Gasteiger partial charge in [0.15, 0.2) is 5.69 Å². The molecule has 0 N–H and O–H groups in total. The molecule has 146 valence electrons. The normalized spacial score (nSPS) is 15.9. The highest BCUT2D eigenvalue weighted by Crippen LogP contribution is 2.33. The van der Waals surface area contributed by atoms with Crippen molar-refractivity contribution < 1.29 is 14.0 Å². The predicted molar refractivity (Wildman–Crippen MR) is 106 cm³/mol. The Balaban J connectivity index is 1.40. The molecule has 2 aromatic carbocycles. The van der Waals surface area contributed by atoms with Gasteiger partial charge in [-0.05, 0) is 29.8 Å². The maximum Gasteiger partial charge on any atom is 0.278 e. The van der Waals surface area contributed by atoms with Gasteiger partial charge < -0.3 is 18.6 Å². The van der Waals surface area contributed by atoms with Gasteiger partial charge in [0.2, 0.25) is 5.82 Å². The Hall–Kier alpha value is -3.16. The molecule has 0 aliphatic carbocycles. The summed E-state index contributed by atoms with van der Waals surface area (Å²) in [5.74, 6) is 1.60. The highest BCUT2D eigenvalue weighted by molar-refractivity contribution is 6.33. The molecule has 2 aromatic heterocycles. The van der Waals surface area contributed by atoms with Gasteiger partial charge in [-0.15, -0.1) is 0 Å². The lowest BCUT2D eigenvalue weighted by molar-refractivity contribution is 0.00328. The van der Waals surface area contributed by atoms with Crippen LogP contribution in [-0.2, 0) is 17.9 Å². The second-order valence-corrected chi connectivity index (χ2v) is 7.08. The van der Waals surface area contributed by atoms with Gasteiger partial charge in [0.25, 0.3) is 5.89 Å². The molecule has 0 radical (unpaired) electrons. The first kappa shape index (κ1) is 17.9. The fraction of sp³-hybridized carbons (Fsp3) is 0.190. The molecule has 8 heteroatoms. The van der Waals surface area contributed by atoms with Gasteiger partial charge in [0.1, 0.15) is 11.9 Å². The fourth-order valence-electron chi connectivity index (χ4n) is 3.40.